The van der Waals surface area contributed by atoms with Crippen molar-refractivity contribution in [1.29, 1.82) is 0 Å². The van der Waals surface area contributed by atoms with Crippen LogP contribution < -0.4 is 0 Å². The molecule has 2 unspecified atom stereocenters. The van der Waals surface area contributed by atoms with Gasteiger partial charge < -0.3 is 33.8 Å². The van der Waals surface area contributed by atoms with E-state index in [0.717, 1.165) is 109 Å². The normalized spacial score (nSPS) is 14.1. The van der Waals surface area contributed by atoms with Gasteiger partial charge in [-0.25, -0.2) is 9.13 Å². The molecule has 0 aliphatic rings. The Morgan fingerprint density at radius 2 is 0.517 bits per heavy atom. The van der Waals surface area contributed by atoms with Gasteiger partial charge in [0.25, 0.3) is 0 Å². The average Bonchev–Trinajstić information content (AvgIpc) is 3.53. The second kappa shape index (κ2) is 63.5. The Labute approximate surface area is 543 Å². The number of hydrogen-bond donors (Lipinski definition) is 3. The zero-order valence-electron chi connectivity index (χ0n) is 57.6. The average molecular weight is 1310 g/mol. The fourth-order valence-corrected chi connectivity index (χ4v) is 12.2. The van der Waals surface area contributed by atoms with Crippen molar-refractivity contribution in [1.82, 2.24) is 0 Å². The summed E-state index contributed by atoms with van der Waals surface area (Å²) in [5.41, 5.74) is 0. The van der Waals surface area contributed by atoms with Crippen molar-refractivity contribution < 1.29 is 80.2 Å². The monoisotopic (exact) mass is 1310 g/mol. The van der Waals surface area contributed by atoms with Crippen molar-refractivity contribution in [3.05, 3.63) is 0 Å². The Hall–Kier alpha value is -1.94. The van der Waals surface area contributed by atoms with Gasteiger partial charge in [0, 0.05) is 25.7 Å². The van der Waals surface area contributed by atoms with Crippen LogP contribution in [-0.2, 0) is 65.4 Å². The molecule has 3 N–H and O–H groups in total. The van der Waals surface area contributed by atoms with Crippen molar-refractivity contribution in [2.45, 2.75) is 380 Å². The molecule has 0 bridgehead atoms. The first-order valence-corrected chi connectivity index (χ1v) is 39.6. The third-order valence-corrected chi connectivity index (χ3v) is 18.2. The Bertz CT molecular complexity index is 1720. The fourth-order valence-electron chi connectivity index (χ4n) is 10.6. The summed E-state index contributed by atoms with van der Waals surface area (Å²) >= 11 is 0. The quantitative estimate of drug-likeness (QED) is 0.0222. The maximum absolute atomic E-state index is 13.0. The maximum atomic E-state index is 13.0. The Balaban J connectivity index is 5.10. The summed E-state index contributed by atoms with van der Waals surface area (Å²) in [7, 11) is -9.88. The molecule has 0 aliphatic heterocycles. The van der Waals surface area contributed by atoms with E-state index in [2.05, 4.69) is 34.6 Å². The topological polar surface area (TPSA) is 237 Å². The van der Waals surface area contributed by atoms with Crippen LogP contribution in [0.5, 0.6) is 0 Å². The molecule has 0 radical (unpaired) electrons. The zero-order chi connectivity index (χ0) is 65.6. The number of rotatable bonds is 70. The summed E-state index contributed by atoms with van der Waals surface area (Å²) in [6, 6.07) is 0. The summed E-state index contributed by atoms with van der Waals surface area (Å²) in [6.45, 7) is 7.14. The molecule has 0 rings (SSSR count). The van der Waals surface area contributed by atoms with Crippen LogP contribution in [0.2, 0.25) is 0 Å². The van der Waals surface area contributed by atoms with Crippen LogP contribution in [0.4, 0.5) is 0 Å². The first-order chi connectivity index (χ1) is 43.0. The molecule has 0 aromatic carbocycles. The van der Waals surface area contributed by atoms with E-state index in [1.54, 1.807) is 0 Å². The molecular formula is C70H136O17P2. The lowest BCUT2D eigenvalue weighted by Gasteiger charge is -2.21. The minimum Gasteiger partial charge on any atom is -0.462 e. The summed E-state index contributed by atoms with van der Waals surface area (Å²) in [5.74, 6) is -1.35. The van der Waals surface area contributed by atoms with Crippen LogP contribution in [-0.4, -0.2) is 96.7 Å². The minimum absolute atomic E-state index is 0.104. The van der Waals surface area contributed by atoms with Crippen molar-refractivity contribution in [3.8, 4) is 0 Å². The van der Waals surface area contributed by atoms with Gasteiger partial charge in [0.1, 0.15) is 19.3 Å². The summed E-state index contributed by atoms with van der Waals surface area (Å²) in [5, 5.41) is 10.5. The van der Waals surface area contributed by atoms with E-state index < -0.39 is 97.5 Å². The molecule has 0 heterocycles. The van der Waals surface area contributed by atoms with E-state index in [-0.39, 0.29) is 25.7 Å². The van der Waals surface area contributed by atoms with E-state index in [1.807, 2.05) is 0 Å². The van der Waals surface area contributed by atoms with Gasteiger partial charge in [-0.2, -0.15) is 0 Å². The van der Waals surface area contributed by atoms with Crippen LogP contribution in [0.1, 0.15) is 362 Å². The van der Waals surface area contributed by atoms with E-state index >= 15 is 0 Å². The highest BCUT2D eigenvalue weighted by molar-refractivity contribution is 7.47. The van der Waals surface area contributed by atoms with Crippen LogP contribution in [0.3, 0.4) is 0 Å². The number of aliphatic hydroxyl groups is 1. The number of hydrogen-bond acceptors (Lipinski definition) is 15. The summed E-state index contributed by atoms with van der Waals surface area (Å²) in [4.78, 5) is 72.1. The third kappa shape index (κ3) is 64.6. The van der Waals surface area contributed by atoms with Gasteiger partial charge in [-0.05, 0) is 31.6 Å². The molecule has 0 saturated carbocycles. The number of phosphoric ester groups is 2. The Kier molecular flexibility index (Phi) is 62.1. The number of aliphatic hydroxyl groups excluding tert-OH is 1. The second-order valence-electron chi connectivity index (χ2n) is 25.7. The largest absolute Gasteiger partial charge is 0.472 e. The number of esters is 4. The van der Waals surface area contributed by atoms with Gasteiger partial charge in [0.2, 0.25) is 0 Å². The second-order valence-corrected chi connectivity index (χ2v) is 28.7. The first-order valence-electron chi connectivity index (χ1n) is 36.6. The fraction of sp³-hybridized carbons (Fsp3) is 0.943. The van der Waals surface area contributed by atoms with E-state index in [0.29, 0.717) is 25.7 Å². The van der Waals surface area contributed by atoms with Gasteiger partial charge in [-0.1, -0.05) is 311 Å². The van der Waals surface area contributed by atoms with Crippen LogP contribution >= 0.6 is 15.6 Å². The number of unbranched alkanes of at least 4 members (excludes halogenated alkanes) is 42. The first kappa shape index (κ1) is 87.1. The zero-order valence-corrected chi connectivity index (χ0v) is 59.4. The molecule has 0 aromatic rings. The number of ether oxygens (including phenoxy) is 4. The molecular weight excluding hydrogens is 1170 g/mol. The van der Waals surface area contributed by atoms with E-state index in [1.165, 1.54) is 173 Å². The van der Waals surface area contributed by atoms with Gasteiger partial charge >= 0.3 is 39.5 Å². The minimum atomic E-state index is -4.95. The van der Waals surface area contributed by atoms with Gasteiger partial charge in [0.15, 0.2) is 12.2 Å². The molecule has 528 valence electrons. The SMILES string of the molecule is CCCCCCCCCCCCCCCCCCCCCCC(=O)O[C@H](COC(=O)CCCCCCCCCCCCCCCC(C)C)COP(=O)(O)OC[C@@H](O)COP(=O)(O)OC[C@@H](COC(=O)CCCCCCC)OC(=O)CCCCCCCCCC. The predicted molar refractivity (Wildman–Crippen MR) is 358 cm³/mol. The number of phosphoric acid groups is 2. The van der Waals surface area contributed by atoms with Crippen molar-refractivity contribution in [2.75, 3.05) is 39.6 Å². The van der Waals surface area contributed by atoms with Crippen LogP contribution in [0, 0.1) is 5.92 Å². The van der Waals surface area contributed by atoms with Crippen molar-refractivity contribution in [3.63, 3.8) is 0 Å². The molecule has 0 aliphatic carbocycles. The third-order valence-electron chi connectivity index (χ3n) is 16.3. The van der Waals surface area contributed by atoms with Gasteiger partial charge in [-0.3, -0.25) is 37.3 Å². The molecule has 0 spiro atoms. The lowest BCUT2D eigenvalue weighted by molar-refractivity contribution is -0.161. The molecule has 17 nitrogen and oxygen atoms in total. The van der Waals surface area contributed by atoms with Crippen molar-refractivity contribution >= 4 is 39.5 Å². The summed E-state index contributed by atoms with van der Waals surface area (Å²) in [6.07, 6.45) is 50.6. The predicted octanol–water partition coefficient (Wildman–Crippen LogP) is 20.1. The lowest BCUT2D eigenvalue weighted by Crippen LogP contribution is -2.30. The molecule has 0 amide bonds. The highest BCUT2D eigenvalue weighted by Gasteiger charge is 2.30. The molecule has 19 heteroatoms. The molecule has 0 aromatic heterocycles. The lowest BCUT2D eigenvalue weighted by atomic mass is 10.0. The van der Waals surface area contributed by atoms with E-state index in [9.17, 15) is 43.2 Å². The van der Waals surface area contributed by atoms with Crippen molar-refractivity contribution in [2.24, 2.45) is 5.92 Å². The van der Waals surface area contributed by atoms with Crippen LogP contribution in [0.25, 0.3) is 0 Å². The molecule has 0 saturated heterocycles. The number of carbonyl (C=O) groups is 4. The highest BCUT2D eigenvalue weighted by atomic mass is 31.2. The highest BCUT2D eigenvalue weighted by Crippen LogP contribution is 2.45. The maximum Gasteiger partial charge on any atom is 0.472 e. The molecule has 5 atom stereocenters. The number of carbonyl (C=O) groups excluding carboxylic acids is 4. The molecule has 0 fully saturated rings. The van der Waals surface area contributed by atoms with Crippen LogP contribution in [0.15, 0.2) is 0 Å². The molecule has 89 heavy (non-hydrogen) atoms. The van der Waals surface area contributed by atoms with Gasteiger partial charge in [-0.15, -0.1) is 0 Å². The van der Waals surface area contributed by atoms with E-state index in [4.69, 9.17) is 37.0 Å². The smallest absolute Gasteiger partial charge is 0.462 e. The Morgan fingerprint density at radius 1 is 0.303 bits per heavy atom. The standard InChI is InChI=1S/C70H136O17P2/c1-6-9-12-15-17-19-20-21-22-23-24-25-26-27-30-34-37-41-46-51-56-70(75)87-66(60-81-68(73)54-49-44-40-36-33-31-28-29-32-35-38-43-47-52-63(4)5)62-85-89(78,79)83-58-64(71)57-82-88(76,77)84-61-65(59-80-67(72)53-48-42-14-11-8-3)86-69(74)55-50-45-39-18-16-13-10-7-2/h63-66,71H,6-62H2,1-5H3,(H,76,77)(H,78,79)/t64-,65+,66+/m0/s1. The van der Waals surface area contributed by atoms with Gasteiger partial charge in [0.05, 0.1) is 26.4 Å². The summed E-state index contributed by atoms with van der Waals surface area (Å²) < 4.78 is 68.0. The Morgan fingerprint density at radius 3 is 0.764 bits per heavy atom.